The lowest BCUT2D eigenvalue weighted by Gasteiger charge is -2.05. The Morgan fingerprint density at radius 3 is 2.62 bits per heavy atom. The summed E-state index contributed by atoms with van der Waals surface area (Å²) in [6.45, 7) is 4.33. The van der Waals surface area contributed by atoms with E-state index < -0.39 is 0 Å². The van der Waals surface area contributed by atoms with Crippen molar-refractivity contribution in [2.24, 2.45) is 0 Å². The molecule has 0 aliphatic carbocycles. The summed E-state index contributed by atoms with van der Waals surface area (Å²) in [5.41, 5.74) is 2.21. The van der Waals surface area contributed by atoms with E-state index in [1.165, 1.54) is 0 Å². The highest BCUT2D eigenvalue weighted by Crippen LogP contribution is 2.14. The lowest BCUT2D eigenvalue weighted by molar-refractivity contribution is 0.767. The third-order valence-electron chi connectivity index (χ3n) is 1.98. The molecule has 0 aliphatic rings. The van der Waals surface area contributed by atoms with Crippen LogP contribution in [0.15, 0.2) is 12.1 Å². The molecule has 1 rings (SSSR count). The molecule has 0 saturated carbocycles. The average molecular weight is 290 g/mol. The predicted molar refractivity (Wildman–Crippen MR) is 63.3 cm³/mol. The van der Waals surface area contributed by atoms with Crippen molar-refractivity contribution >= 4 is 22.6 Å². The van der Waals surface area contributed by atoms with Gasteiger partial charge in [-0.1, -0.05) is 42.9 Å². The van der Waals surface area contributed by atoms with Crippen molar-refractivity contribution in [3.8, 4) is 0 Å². The standard InChI is InChI=1S/C10H15IN2/c1-3-4-9-5-6-10(13-12-9)8(2)7-11/h5-6,8H,3-4,7H2,1-2H3. The summed E-state index contributed by atoms with van der Waals surface area (Å²) < 4.78 is 1.10. The molecule has 0 spiro atoms. The molecule has 0 radical (unpaired) electrons. The summed E-state index contributed by atoms with van der Waals surface area (Å²) >= 11 is 2.37. The fourth-order valence-electron chi connectivity index (χ4n) is 1.10. The van der Waals surface area contributed by atoms with Gasteiger partial charge in [0, 0.05) is 10.3 Å². The minimum atomic E-state index is 0.517. The molecular weight excluding hydrogens is 275 g/mol. The fourth-order valence-corrected chi connectivity index (χ4v) is 1.55. The molecule has 0 amide bonds. The Bertz CT molecular complexity index is 246. The van der Waals surface area contributed by atoms with Crippen LogP contribution in [0, 0.1) is 0 Å². The number of hydrogen-bond donors (Lipinski definition) is 0. The molecule has 0 fully saturated rings. The Kier molecular flexibility index (Phi) is 4.62. The summed E-state index contributed by atoms with van der Waals surface area (Å²) in [7, 11) is 0. The van der Waals surface area contributed by atoms with Crippen LogP contribution < -0.4 is 0 Å². The topological polar surface area (TPSA) is 25.8 Å². The Balaban J connectivity index is 2.69. The van der Waals surface area contributed by atoms with E-state index in [2.05, 4.69) is 58.8 Å². The smallest absolute Gasteiger partial charge is 0.0667 e. The van der Waals surface area contributed by atoms with Gasteiger partial charge in [0.1, 0.15) is 0 Å². The molecule has 1 atom stereocenters. The molecule has 1 aromatic rings. The van der Waals surface area contributed by atoms with Crippen LogP contribution in [0.25, 0.3) is 0 Å². The van der Waals surface area contributed by atoms with Gasteiger partial charge >= 0.3 is 0 Å². The van der Waals surface area contributed by atoms with Crippen LogP contribution in [0.4, 0.5) is 0 Å². The van der Waals surface area contributed by atoms with Gasteiger partial charge in [-0.3, -0.25) is 0 Å². The quantitative estimate of drug-likeness (QED) is 0.629. The highest BCUT2D eigenvalue weighted by molar-refractivity contribution is 14.1. The lowest BCUT2D eigenvalue weighted by Crippen LogP contribution is -2.01. The highest BCUT2D eigenvalue weighted by Gasteiger charge is 2.05. The minimum absolute atomic E-state index is 0.517. The van der Waals surface area contributed by atoms with Gasteiger partial charge in [0.15, 0.2) is 0 Å². The normalized spacial score (nSPS) is 12.8. The van der Waals surface area contributed by atoms with Crippen LogP contribution in [0.3, 0.4) is 0 Å². The summed E-state index contributed by atoms with van der Waals surface area (Å²) in [5, 5.41) is 8.40. The second-order valence-corrected chi connectivity index (χ2v) is 4.14. The van der Waals surface area contributed by atoms with Gasteiger partial charge in [0.25, 0.3) is 0 Å². The average Bonchev–Trinajstić information content (AvgIpc) is 2.18. The first-order valence-corrected chi connectivity index (χ1v) is 6.19. The summed E-state index contributed by atoms with van der Waals surface area (Å²) in [6.07, 6.45) is 2.17. The molecule has 13 heavy (non-hydrogen) atoms. The van der Waals surface area contributed by atoms with Gasteiger partial charge in [-0.05, 0) is 18.6 Å². The van der Waals surface area contributed by atoms with Gasteiger partial charge in [-0.2, -0.15) is 10.2 Å². The van der Waals surface area contributed by atoms with Crippen LogP contribution in [-0.4, -0.2) is 14.6 Å². The molecular formula is C10H15IN2. The largest absolute Gasteiger partial charge is 0.155 e. The minimum Gasteiger partial charge on any atom is -0.155 e. The first-order valence-electron chi connectivity index (χ1n) is 4.66. The van der Waals surface area contributed by atoms with Crippen LogP contribution in [0.5, 0.6) is 0 Å². The number of nitrogens with zero attached hydrogens (tertiary/aromatic N) is 2. The van der Waals surface area contributed by atoms with E-state index in [4.69, 9.17) is 0 Å². The Morgan fingerprint density at radius 2 is 2.15 bits per heavy atom. The number of aromatic nitrogens is 2. The molecule has 1 unspecified atom stereocenters. The second-order valence-electron chi connectivity index (χ2n) is 3.25. The van der Waals surface area contributed by atoms with Gasteiger partial charge in [0.05, 0.1) is 11.4 Å². The summed E-state index contributed by atoms with van der Waals surface area (Å²) in [4.78, 5) is 0. The second kappa shape index (κ2) is 5.52. The van der Waals surface area contributed by atoms with Crippen molar-refractivity contribution in [1.82, 2.24) is 10.2 Å². The zero-order valence-electron chi connectivity index (χ0n) is 8.13. The molecule has 2 nitrogen and oxygen atoms in total. The van der Waals surface area contributed by atoms with E-state index in [1.807, 2.05) is 0 Å². The lowest BCUT2D eigenvalue weighted by atomic mass is 10.1. The molecule has 0 aliphatic heterocycles. The first-order chi connectivity index (χ1) is 6.27. The van der Waals surface area contributed by atoms with E-state index in [0.29, 0.717) is 5.92 Å². The van der Waals surface area contributed by atoms with Crippen molar-refractivity contribution in [3.63, 3.8) is 0 Å². The maximum absolute atomic E-state index is 4.21. The first kappa shape index (κ1) is 10.9. The van der Waals surface area contributed by atoms with Gasteiger partial charge in [-0.15, -0.1) is 0 Å². The third kappa shape index (κ3) is 3.21. The molecule has 0 N–H and O–H groups in total. The zero-order valence-corrected chi connectivity index (χ0v) is 10.3. The number of aryl methyl sites for hydroxylation is 1. The molecule has 0 bridgehead atoms. The predicted octanol–water partition coefficient (Wildman–Crippen LogP) is 2.97. The van der Waals surface area contributed by atoms with Gasteiger partial charge in [0.2, 0.25) is 0 Å². The van der Waals surface area contributed by atoms with Crippen molar-refractivity contribution in [2.75, 3.05) is 4.43 Å². The zero-order chi connectivity index (χ0) is 9.68. The molecule has 3 heteroatoms. The number of rotatable bonds is 4. The Hall–Kier alpha value is -0.190. The third-order valence-corrected chi connectivity index (χ3v) is 3.30. The fraction of sp³-hybridized carbons (Fsp3) is 0.600. The molecule has 1 heterocycles. The number of hydrogen-bond acceptors (Lipinski definition) is 2. The van der Waals surface area contributed by atoms with E-state index in [0.717, 1.165) is 28.7 Å². The van der Waals surface area contributed by atoms with Crippen molar-refractivity contribution < 1.29 is 0 Å². The van der Waals surface area contributed by atoms with E-state index in [-0.39, 0.29) is 0 Å². The van der Waals surface area contributed by atoms with Crippen LogP contribution in [-0.2, 0) is 6.42 Å². The summed E-state index contributed by atoms with van der Waals surface area (Å²) in [6, 6.07) is 4.19. The van der Waals surface area contributed by atoms with E-state index >= 15 is 0 Å². The number of alkyl halides is 1. The maximum atomic E-state index is 4.21. The van der Waals surface area contributed by atoms with Crippen molar-refractivity contribution in [1.29, 1.82) is 0 Å². The Morgan fingerprint density at radius 1 is 1.38 bits per heavy atom. The Labute approximate surface area is 93.3 Å². The highest BCUT2D eigenvalue weighted by atomic mass is 127. The van der Waals surface area contributed by atoms with Crippen molar-refractivity contribution in [2.45, 2.75) is 32.6 Å². The molecule has 72 valence electrons. The van der Waals surface area contributed by atoms with Gasteiger partial charge in [-0.25, -0.2) is 0 Å². The van der Waals surface area contributed by atoms with E-state index in [9.17, 15) is 0 Å². The van der Waals surface area contributed by atoms with Crippen LogP contribution in [0.1, 0.15) is 37.6 Å². The molecule has 0 saturated heterocycles. The summed E-state index contributed by atoms with van der Waals surface area (Å²) in [5.74, 6) is 0.517. The van der Waals surface area contributed by atoms with E-state index in [1.54, 1.807) is 0 Å². The van der Waals surface area contributed by atoms with Crippen molar-refractivity contribution in [3.05, 3.63) is 23.5 Å². The van der Waals surface area contributed by atoms with Gasteiger partial charge < -0.3 is 0 Å². The maximum Gasteiger partial charge on any atom is 0.0667 e. The monoisotopic (exact) mass is 290 g/mol. The molecule has 0 aromatic carbocycles. The SMILES string of the molecule is CCCc1ccc(C(C)CI)nn1. The molecule has 1 aromatic heterocycles. The van der Waals surface area contributed by atoms with Crippen LogP contribution in [0.2, 0.25) is 0 Å². The van der Waals surface area contributed by atoms with Crippen LogP contribution >= 0.6 is 22.6 Å². The number of halogens is 1.